The maximum Gasteiger partial charge on any atom is 0.147 e. The van der Waals surface area contributed by atoms with Crippen molar-refractivity contribution in [2.45, 2.75) is 61.1 Å². The zero-order valence-electron chi connectivity index (χ0n) is 34.3. The van der Waals surface area contributed by atoms with Gasteiger partial charge in [-0.15, -0.1) is 54.1 Å². The number of hydrogen-bond acceptors (Lipinski definition) is 4. The molecule has 7 aromatic rings. The second-order valence-electron chi connectivity index (χ2n) is 13.3. The van der Waals surface area contributed by atoms with E-state index in [0.717, 1.165) is 27.4 Å². The molecule has 0 unspecified atom stereocenters. The van der Waals surface area contributed by atoms with Crippen molar-refractivity contribution in [3.8, 4) is 22.5 Å². The molecule has 0 N–H and O–H groups in total. The van der Waals surface area contributed by atoms with Gasteiger partial charge < -0.3 is 14.4 Å². The normalized spacial score (nSPS) is 14.8. The first kappa shape index (κ1) is 25.9. The number of rotatable bonds is 4. The maximum absolute atomic E-state index is 8.87. The Bertz CT molecular complexity index is 2380. The van der Waals surface area contributed by atoms with E-state index in [-0.39, 0.29) is 31.2 Å². The summed E-state index contributed by atoms with van der Waals surface area (Å²) in [5.41, 5.74) is 2.97. The molecule has 47 heavy (non-hydrogen) atoms. The zero-order chi connectivity index (χ0) is 38.6. The van der Waals surface area contributed by atoms with Crippen LogP contribution in [0, 0.1) is 29.8 Å². The number of nitrogens with zero attached hydrogens (tertiary/aromatic N) is 3. The number of fused-ring (bicyclic) bond motifs is 5. The molecule has 0 saturated carbocycles. The molecule has 0 atom stereocenters. The van der Waals surface area contributed by atoms with Gasteiger partial charge in [0.2, 0.25) is 0 Å². The van der Waals surface area contributed by atoms with Crippen molar-refractivity contribution in [2.24, 2.45) is 10.8 Å². The van der Waals surface area contributed by atoms with Crippen molar-refractivity contribution >= 4 is 32.8 Å². The molecule has 7 rings (SSSR count). The van der Waals surface area contributed by atoms with Crippen molar-refractivity contribution in [1.82, 2.24) is 15.0 Å². The molecule has 4 aromatic heterocycles. The van der Waals surface area contributed by atoms with Crippen molar-refractivity contribution in [3.63, 3.8) is 0 Å². The third kappa shape index (κ3) is 8.04. The second-order valence-corrected chi connectivity index (χ2v) is 13.3. The fraction of sp³-hybridized carbons (Fsp3) is 0.262. The Morgan fingerprint density at radius 2 is 1.53 bits per heavy atom. The molecule has 0 spiro atoms. The topological polar surface area (TPSA) is 51.8 Å². The smallest absolute Gasteiger partial charge is 0.147 e. The van der Waals surface area contributed by atoms with Crippen LogP contribution in [-0.2, 0) is 32.9 Å². The fourth-order valence-electron chi connectivity index (χ4n) is 5.20. The summed E-state index contributed by atoms with van der Waals surface area (Å²) in [7, 11) is 0. The van der Waals surface area contributed by atoms with Gasteiger partial charge in [0.05, 0.1) is 5.58 Å². The minimum Gasteiger partial charge on any atom is -0.498 e. The fourth-order valence-corrected chi connectivity index (χ4v) is 5.20. The molecule has 0 bridgehead atoms. The van der Waals surface area contributed by atoms with Crippen LogP contribution < -0.4 is 0 Å². The Balaban J connectivity index is 0.000000365. The van der Waals surface area contributed by atoms with Gasteiger partial charge in [0.25, 0.3) is 0 Å². The molecule has 1 radical (unpaired) electrons. The number of furan rings is 1. The van der Waals surface area contributed by atoms with E-state index in [2.05, 4.69) is 22.1 Å². The number of aromatic nitrogens is 3. The summed E-state index contributed by atoms with van der Waals surface area (Å²) in [5, 5.41) is 2.35. The molecule has 0 amide bonds. The molecule has 0 aliphatic carbocycles. The minimum absolute atomic E-state index is 0. The van der Waals surface area contributed by atoms with Gasteiger partial charge in [-0.3, -0.25) is 0 Å². The summed E-state index contributed by atoms with van der Waals surface area (Å²) in [6.45, 7) is 8.16. The van der Waals surface area contributed by atoms with Crippen LogP contribution in [0.2, 0.25) is 0 Å². The first-order valence-corrected chi connectivity index (χ1v) is 15.3. The van der Waals surface area contributed by atoms with E-state index in [1.165, 1.54) is 12.3 Å². The van der Waals surface area contributed by atoms with Gasteiger partial charge in [-0.25, -0.2) is 4.98 Å². The van der Waals surface area contributed by atoms with Gasteiger partial charge in [0.15, 0.2) is 0 Å². The Morgan fingerprint density at radius 1 is 0.766 bits per heavy atom. The SMILES string of the molecule is [2H]C([2H])([2H])c1cnc(-c2[c-]ccc3c2oc2c3ccc3ccc(C([2H])([2H])C(C)(C)C)nc32)cc1C([2H])([2H])C(C)(C)C.[Ir].[c-]1ccccc1-c1ccccn1. The first-order chi connectivity index (χ1) is 24.7. The number of hydrogen-bond donors (Lipinski definition) is 0. The van der Waals surface area contributed by atoms with Crippen molar-refractivity contribution in [3.05, 3.63) is 126 Å². The molecule has 0 aliphatic heterocycles. The van der Waals surface area contributed by atoms with Gasteiger partial charge in [-0.1, -0.05) is 94.5 Å². The van der Waals surface area contributed by atoms with E-state index in [4.69, 9.17) is 19.0 Å². The number of pyridine rings is 3. The van der Waals surface area contributed by atoms with Crippen molar-refractivity contribution in [2.75, 3.05) is 0 Å². The van der Waals surface area contributed by atoms with E-state index in [1.54, 1.807) is 39.1 Å². The average molecular weight is 803 g/mol. The van der Waals surface area contributed by atoms with Crippen LogP contribution in [-0.4, -0.2) is 15.0 Å². The van der Waals surface area contributed by atoms with Gasteiger partial charge in [0.1, 0.15) is 11.1 Å². The van der Waals surface area contributed by atoms with E-state index in [1.807, 2.05) is 87.5 Å². The van der Waals surface area contributed by atoms with Crippen LogP contribution in [0.15, 0.2) is 102 Å². The maximum atomic E-state index is 8.87. The molecule has 3 aromatic carbocycles. The Kier molecular flexibility index (Phi) is 7.64. The van der Waals surface area contributed by atoms with Crippen LogP contribution in [0.4, 0.5) is 0 Å². The Labute approximate surface area is 301 Å². The van der Waals surface area contributed by atoms with E-state index in [0.29, 0.717) is 33.6 Å². The van der Waals surface area contributed by atoms with Crippen molar-refractivity contribution < 1.29 is 34.1 Å². The van der Waals surface area contributed by atoms with Crippen LogP contribution in [0.3, 0.4) is 0 Å². The summed E-state index contributed by atoms with van der Waals surface area (Å²) in [6.07, 6.45) is -0.644. The number of aryl methyl sites for hydroxylation is 1. The minimum atomic E-state index is -2.55. The molecule has 0 aliphatic rings. The average Bonchev–Trinajstić information content (AvgIpc) is 3.50. The molecule has 5 heteroatoms. The Hall–Kier alpha value is -4.18. The summed E-state index contributed by atoms with van der Waals surface area (Å²) >= 11 is 0. The third-order valence-corrected chi connectivity index (χ3v) is 7.08. The third-order valence-electron chi connectivity index (χ3n) is 7.08. The molecule has 4 nitrogen and oxygen atoms in total. The van der Waals surface area contributed by atoms with E-state index in [9.17, 15) is 0 Å². The largest absolute Gasteiger partial charge is 0.498 e. The van der Waals surface area contributed by atoms with Gasteiger partial charge in [-0.2, -0.15) is 0 Å². The van der Waals surface area contributed by atoms with Crippen LogP contribution >= 0.6 is 0 Å². The zero-order valence-corrected chi connectivity index (χ0v) is 29.7. The van der Waals surface area contributed by atoms with Gasteiger partial charge in [0, 0.05) is 58.6 Å². The van der Waals surface area contributed by atoms with Gasteiger partial charge >= 0.3 is 0 Å². The standard InChI is InChI=1S/C31H33N2O.C11H8N.Ir/c1-19-18-32-26(15-21(19)16-30(2,3)4)25-10-8-9-23-24-14-12-20-11-13-22(17-31(5,6)7)33-27(20)29(24)34-28(23)25;1-2-6-10(7-3-1)11-8-4-5-9-12-11;/h8-9,11-15,18H,16-17H2,1-7H3;1-6,8-9H;/q2*-1;/i1D3,16D2,17D2;;. The predicted octanol–water partition coefficient (Wildman–Crippen LogP) is 11.0. The Morgan fingerprint density at radius 3 is 2.23 bits per heavy atom. The molecular formula is C42H41IrN3O-2. The van der Waals surface area contributed by atoms with Crippen LogP contribution in [0.25, 0.3) is 55.4 Å². The van der Waals surface area contributed by atoms with Crippen LogP contribution in [0.1, 0.15) is 68.0 Å². The first-order valence-electron chi connectivity index (χ1n) is 18.8. The summed E-state index contributed by atoms with van der Waals surface area (Å²) < 4.78 is 65.7. The van der Waals surface area contributed by atoms with E-state index < -0.39 is 30.4 Å². The predicted molar refractivity (Wildman–Crippen MR) is 191 cm³/mol. The molecule has 0 saturated heterocycles. The second kappa shape index (κ2) is 13.9. The molecule has 0 fully saturated rings. The summed E-state index contributed by atoms with van der Waals surface area (Å²) in [6, 6.07) is 32.5. The number of benzene rings is 3. The molecule has 241 valence electrons. The van der Waals surface area contributed by atoms with E-state index >= 15 is 0 Å². The van der Waals surface area contributed by atoms with Crippen molar-refractivity contribution in [1.29, 1.82) is 0 Å². The summed E-state index contributed by atoms with van der Waals surface area (Å²) in [4.78, 5) is 13.4. The van der Waals surface area contributed by atoms with Gasteiger partial charge in [-0.05, 0) is 59.5 Å². The molecule has 4 heterocycles. The summed E-state index contributed by atoms with van der Waals surface area (Å²) in [5.74, 6) is 0. The van der Waals surface area contributed by atoms with Crippen LogP contribution in [0.5, 0.6) is 0 Å². The monoisotopic (exact) mass is 803 g/mol. The quantitative estimate of drug-likeness (QED) is 0.166. The molecular weight excluding hydrogens is 755 g/mol.